The Kier molecular flexibility index (Phi) is 2.90. The normalized spacial score (nSPS) is 10.4. The van der Waals surface area contributed by atoms with Gasteiger partial charge in [0.2, 0.25) is 0 Å². The van der Waals surface area contributed by atoms with Crippen molar-refractivity contribution in [3.05, 3.63) is 35.9 Å². The number of benzene rings is 1. The van der Waals surface area contributed by atoms with Crippen LogP contribution in [0.3, 0.4) is 0 Å². The number of H-pyrrole nitrogens is 1. The van der Waals surface area contributed by atoms with Crippen molar-refractivity contribution < 1.29 is 9.13 Å². The number of rotatable bonds is 3. The Morgan fingerprint density at radius 2 is 2.25 bits per heavy atom. The number of ether oxygens (including phenoxy) is 1. The molecule has 3 nitrogen and oxygen atoms in total. The van der Waals surface area contributed by atoms with Gasteiger partial charge in [-0.05, 0) is 24.6 Å². The van der Waals surface area contributed by atoms with Gasteiger partial charge in [0.05, 0.1) is 12.7 Å². The number of hydrogen-bond donors (Lipinski definition) is 1. The first-order chi connectivity index (χ1) is 7.74. The molecule has 4 heteroatoms. The van der Waals surface area contributed by atoms with Gasteiger partial charge in [0, 0.05) is 11.9 Å². The van der Waals surface area contributed by atoms with E-state index in [-0.39, 0.29) is 5.82 Å². The van der Waals surface area contributed by atoms with E-state index in [1.54, 1.807) is 19.4 Å². The first kappa shape index (κ1) is 10.7. The summed E-state index contributed by atoms with van der Waals surface area (Å²) in [5.74, 6) is 0.942. The molecule has 0 unspecified atom stereocenters. The van der Waals surface area contributed by atoms with E-state index in [1.807, 2.05) is 6.92 Å². The zero-order chi connectivity index (χ0) is 11.5. The third kappa shape index (κ3) is 1.91. The standard InChI is InChI=1S/C12H13FN2O/c1-3-9-7-14-12(15-9)10-6-8(13)4-5-11(10)16-2/h4-7H,3H2,1-2H3,(H,14,15). The van der Waals surface area contributed by atoms with Gasteiger partial charge in [-0.1, -0.05) is 6.92 Å². The van der Waals surface area contributed by atoms with Crippen LogP contribution in [-0.2, 0) is 6.42 Å². The smallest absolute Gasteiger partial charge is 0.141 e. The summed E-state index contributed by atoms with van der Waals surface area (Å²) < 4.78 is 18.3. The molecule has 0 bridgehead atoms. The Balaban J connectivity index is 2.49. The molecule has 0 atom stereocenters. The predicted molar refractivity (Wildman–Crippen MR) is 59.9 cm³/mol. The number of imidazole rings is 1. The van der Waals surface area contributed by atoms with Gasteiger partial charge in [0.15, 0.2) is 0 Å². The molecule has 0 saturated carbocycles. The van der Waals surface area contributed by atoms with Crippen LogP contribution in [0.15, 0.2) is 24.4 Å². The van der Waals surface area contributed by atoms with Crippen molar-refractivity contribution in [2.45, 2.75) is 13.3 Å². The zero-order valence-electron chi connectivity index (χ0n) is 9.25. The summed E-state index contributed by atoms with van der Waals surface area (Å²) in [7, 11) is 1.56. The van der Waals surface area contributed by atoms with Crippen LogP contribution in [-0.4, -0.2) is 17.1 Å². The second-order valence-corrected chi connectivity index (χ2v) is 3.46. The van der Waals surface area contributed by atoms with Crippen LogP contribution < -0.4 is 4.74 Å². The molecule has 1 aromatic heterocycles. The Morgan fingerprint density at radius 3 is 2.88 bits per heavy atom. The fraction of sp³-hybridized carbons (Fsp3) is 0.250. The molecule has 0 aliphatic heterocycles. The van der Waals surface area contributed by atoms with Crippen LogP contribution in [0.2, 0.25) is 0 Å². The van der Waals surface area contributed by atoms with E-state index in [2.05, 4.69) is 9.97 Å². The summed E-state index contributed by atoms with van der Waals surface area (Å²) >= 11 is 0. The fourth-order valence-electron chi connectivity index (χ4n) is 1.54. The molecule has 0 spiro atoms. The van der Waals surface area contributed by atoms with E-state index in [1.165, 1.54) is 12.1 Å². The molecule has 84 valence electrons. The third-order valence-corrected chi connectivity index (χ3v) is 2.43. The SMILES string of the molecule is CCc1cnc(-c2cc(F)ccc2OC)[nH]1. The number of aromatic nitrogens is 2. The highest BCUT2D eigenvalue weighted by Crippen LogP contribution is 2.28. The summed E-state index contributed by atoms with van der Waals surface area (Å²) in [6.45, 7) is 2.03. The van der Waals surface area contributed by atoms with Crippen LogP contribution >= 0.6 is 0 Å². The topological polar surface area (TPSA) is 37.9 Å². The number of halogens is 1. The molecule has 0 aliphatic rings. The van der Waals surface area contributed by atoms with Crippen molar-refractivity contribution in [2.75, 3.05) is 7.11 Å². The lowest BCUT2D eigenvalue weighted by atomic mass is 10.2. The number of methoxy groups -OCH3 is 1. The molecule has 2 rings (SSSR count). The largest absolute Gasteiger partial charge is 0.496 e. The lowest BCUT2D eigenvalue weighted by molar-refractivity contribution is 0.415. The molecule has 1 N–H and O–H groups in total. The highest BCUT2D eigenvalue weighted by Gasteiger charge is 2.10. The Bertz CT molecular complexity index is 494. The second-order valence-electron chi connectivity index (χ2n) is 3.46. The zero-order valence-corrected chi connectivity index (χ0v) is 9.25. The fourth-order valence-corrected chi connectivity index (χ4v) is 1.54. The Morgan fingerprint density at radius 1 is 1.44 bits per heavy atom. The quantitative estimate of drug-likeness (QED) is 0.863. The van der Waals surface area contributed by atoms with Crippen LogP contribution in [0.4, 0.5) is 4.39 Å². The summed E-state index contributed by atoms with van der Waals surface area (Å²) in [4.78, 5) is 7.33. The Hall–Kier alpha value is -1.84. The summed E-state index contributed by atoms with van der Waals surface area (Å²) in [6, 6.07) is 4.38. The summed E-state index contributed by atoms with van der Waals surface area (Å²) in [5, 5.41) is 0. The van der Waals surface area contributed by atoms with Crippen molar-refractivity contribution in [1.82, 2.24) is 9.97 Å². The molecular weight excluding hydrogens is 207 g/mol. The van der Waals surface area contributed by atoms with Crippen molar-refractivity contribution >= 4 is 0 Å². The minimum absolute atomic E-state index is 0.301. The van der Waals surface area contributed by atoms with E-state index in [9.17, 15) is 4.39 Å². The first-order valence-electron chi connectivity index (χ1n) is 5.12. The lowest BCUT2D eigenvalue weighted by Crippen LogP contribution is -1.90. The minimum Gasteiger partial charge on any atom is -0.496 e. The summed E-state index contributed by atoms with van der Waals surface area (Å²) in [5.41, 5.74) is 1.66. The number of aromatic amines is 1. The number of aryl methyl sites for hydroxylation is 1. The van der Waals surface area contributed by atoms with Crippen molar-refractivity contribution in [3.63, 3.8) is 0 Å². The third-order valence-electron chi connectivity index (χ3n) is 2.43. The van der Waals surface area contributed by atoms with Gasteiger partial charge in [0.25, 0.3) is 0 Å². The highest BCUT2D eigenvalue weighted by atomic mass is 19.1. The van der Waals surface area contributed by atoms with Gasteiger partial charge in [-0.2, -0.15) is 0 Å². The maximum atomic E-state index is 13.2. The van der Waals surface area contributed by atoms with Gasteiger partial charge >= 0.3 is 0 Å². The molecule has 0 aliphatic carbocycles. The number of nitrogens with zero attached hydrogens (tertiary/aromatic N) is 1. The van der Waals surface area contributed by atoms with Gasteiger partial charge in [-0.3, -0.25) is 0 Å². The number of hydrogen-bond acceptors (Lipinski definition) is 2. The van der Waals surface area contributed by atoms with Crippen molar-refractivity contribution in [3.8, 4) is 17.1 Å². The maximum Gasteiger partial charge on any atom is 0.141 e. The van der Waals surface area contributed by atoms with Crippen LogP contribution in [0.25, 0.3) is 11.4 Å². The molecule has 2 aromatic rings. The molecule has 16 heavy (non-hydrogen) atoms. The monoisotopic (exact) mass is 220 g/mol. The average Bonchev–Trinajstić information content (AvgIpc) is 2.77. The van der Waals surface area contributed by atoms with Crippen molar-refractivity contribution in [2.24, 2.45) is 0 Å². The van der Waals surface area contributed by atoms with Crippen LogP contribution in [0.5, 0.6) is 5.75 Å². The molecule has 1 heterocycles. The molecule has 1 aromatic carbocycles. The van der Waals surface area contributed by atoms with E-state index >= 15 is 0 Å². The number of nitrogens with one attached hydrogen (secondary N) is 1. The van der Waals surface area contributed by atoms with E-state index in [0.29, 0.717) is 17.1 Å². The van der Waals surface area contributed by atoms with Gasteiger partial charge in [0.1, 0.15) is 17.4 Å². The van der Waals surface area contributed by atoms with E-state index in [0.717, 1.165) is 12.1 Å². The molecular formula is C12H13FN2O. The van der Waals surface area contributed by atoms with Crippen LogP contribution in [0, 0.1) is 5.82 Å². The summed E-state index contributed by atoms with van der Waals surface area (Å²) in [6.07, 6.45) is 2.62. The van der Waals surface area contributed by atoms with E-state index < -0.39 is 0 Å². The highest BCUT2D eigenvalue weighted by molar-refractivity contribution is 5.64. The molecule has 0 radical (unpaired) electrons. The molecule has 0 amide bonds. The molecule has 0 saturated heterocycles. The average molecular weight is 220 g/mol. The van der Waals surface area contributed by atoms with Crippen molar-refractivity contribution in [1.29, 1.82) is 0 Å². The minimum atomic E-state index is -0.301. The van der Waals surface area contributed by atoms with Gasteiger partial charge in [-0.25, -0.2) is 9.37 Å². The van der Waals surface area contributed by atoms with Gasteiger partial charge < -0.3 is 9.72 Å². The van der Waals surface area contributed by atoms with Gasteiger partial charge in [-0.15, -0.1) is 0 Å². The molecule has 0 fully saturated rings. The first-order valence-corrected chi connectivity index (χ1v) is 5.12. The lowest BCUT2D eigenvalue weighted by Gasteiger charge is -2.05. The Labute approximate surface area is 93.3 Å². The second kappa shape index (κ2) is 4.35. The van der Waals surface area contributed by atoms with E-state index in [4.69, 9.17) is 4.74 Å². The predicted octanol–water partition coefficient (Wildman–Crippen LogP) is 2.79. The van der Waals surface area contributed by atoms with Crippen LogP contribution in [0.1, 0.15) is 12.6 Å². The maximum absolute atomic E-state index is 13.2.